The summed E-state index contributed by atoms with van der Waals surface area (Å²) in [7, 11) is 0. The van der Waals surface area contributed by atoms with Crippen molar-refractivity contribution < 1.29 is 14.3 Å². The van der Waals surface area contributed by atoms with E-state index < -0.39 is 0 Å². The number of rotatable bonds is 6. The van der Waals surface area contributed by atoms with Gasteiger partial charge in [-0.1, -0.05) is 6.07 Å². The molecule has 0 spiro atoms. The van der Waals surface area contributed by atoms with Crippen LogP contribution in [0.2, 0.25) is 0 Å². The predicted molar refractivity (Wildman–Crippen MR) is 66.7 cm³/mol. The molecule has 0 bridgehead atoms. The van der Waals surface area contributed by atoms with Gasteiger partial charge in [-0.3, -0.25) is 14.6 Å². The summed E-state index contributed by atoms with van der Waals surface area (Å²) in [6.45, 7) is 3.95. The highest BCUT2D eigenvalue weighted by molar-refractivity contribution is 5.81. The van der Waals surface area contributed by atoms with Crippen molar-refractivity contribution in [2.75, 3.05) is 6.61 Å². The summed E-state index contributed by atoms with van der Waals surface area (Å²) in [5, 5.41) is 2.81. The number of nitrogens with zero attached hydrogens (tertiary/aromatic N) is 1. The smallest absolute Gasteiger partial charge is 0.306 e. The lowest BCUT2D eigenvalue weighted by Gasteiger charge is -2.13. The first-order chi connectivity index (χ1) is 8.63. The van der Waals surface area contributed by atoms with Gasteiger partial charge in [0.2, 0.25) is 5.91 Å². The maximum atomic E-state index is 11.6. The number of hydrogen-bond acceptors (Lipinski definition) is 4. The Hall–Kier alpha value is -1.91. The minimum absolute atomic E-state index is 0.111. The largest absolute Gasteiger partial charge is 0.466 e. The van der Waals surface area contributed by atoms with Gasteiger partial charge in [-0.25, -0.2) is 0 Å². The number of amides is 1. The second-order valence-electron chi connectivity index (χ2n) is 3.88. The molecule has 5 heteroatoms. The lowest BCUT2D eigenvalue weighted by atomic mass is 10.1. The van der Waals surface area contributed by atoms with Gasteiger partial charge in [0.05, 0.1) is 19.1 Å². The fourth-order valence-corrected chi connectivity index (χ4v) is 1.48. The molecule has 0 aliphatic heterocycles. The molecule has 0 saturated carbocycles. The van der Waals surface area contributed by atoms with Crippen LogP contribution in [0.3, 0.4) is 0 Å². The molecule has 0 aliphatic rings. The minimum atomic E-state index is -0.346. The molecule has 1 aromatic heterocycles. The molecule has 0 saturated heterocycles. The van der Waals surface area contributed by atoms with Crippen molar-refractivity contribution in [2.24, 2.45) is 0 Å². The number of aromatic nitrogens is 1. The topological polar surface area (TPSA) is 68.3 Å². The van der Waals surface area contributed by atoms with Gasteiger partial charge in [0.25, 0.3) is 0 Å². The third-order valence-electron chi connectivity index (χ3n) is 2.42. The van der Waals surface area contributed by atoms with Crippen molar-refractivity contribution in [1.82, 2.24) is 10.3 Å². The quantitative estimate of drug-likeness (QED) is 0.779. The lowest BCUT2D eigenvalue weighted by Crippen LogP contribution is -2.27. The van der Waals surface area contributed by atoms with Gasteiger partial charge in [-0.2, -0.15) is 0 Å². The van der Waals surface area contributed by atoms with E-state index in [-0.39, 0.29) is 30.8 Å². The number of nitrogens with one attached hydrogen (secondary N) is 1. The molecule has 1 rings (SSSR count). The Morgan fingerprint density at radius 2 is 2.22 bits per heavy atom. The van der Waals surface area contributed by atoms with E-state index in [0.29, 0.717) is 6.61 Å². The lowest BCUT2D eigenvalue weighted by molar-refractivity contribution is -0.144. The zero-order valence-corrected chi connectivity index (χ0v) is 10.7. The fraction of sp³-hybridized carbons (Fsp3) is 0.462. The number of hydrogen-bond donors (Lipinski definition) is 1. The summed E-state index contributed by atoms with van der Waals surface area (Å²) in [6.07, 6.45) is 3.64. The van der Waals surface area contributed by atoms with E-state index in [1.54, 1.807) is 19.3 Å². The Morgan fingerprint density at radius 3 is 2.83 bits per heavy atom. The van der Waals surface area contributed by atoms with Crippen LogP contribution in [0.1, 0.15) is 38.3 Å². The van der Waals surface area contributed by atoms with Crippen molar-refractivity contribution >= 4 is 11.9 Å². The Labute approximate surface area is 107 Å². The van der Waals surface area contributed by atoms with Crippen LogP contribution < -0.4 is 5.32 Å². The maximum Gasteiger partial charge on any atom is 0.306 e. The van der Waals surface area contributed by atoms with Crippen molar-refractivity contribution in [2.45, 2.75) is 32.7 Å². The molecule has 5 nitrogen and oxygen atoms in total. The highest BCUT2D eigenvalue weighted by Crippen LogP contribution is 2.10. The standard InChI is InChI=1S/C13H18N2O3/c1-3-18-13(17)7-6-12(16)15-10(2)11-5-4-8-14-9-11/h4-5,8-10H,3,6-7H2,1-2H3,(H,15,16). The normalized spacial score (nSPS) is 11.7. The molecule has 1 heterocycles. The second kappa shape index (κ2) is 7.42. The minimum Gasteiger partial charge on any atom is -0.466 e. The molecule has 0 aliphatic carbocycles. The number of carbonyl (C=O) groups excluding carboxylic acids is 2. The van der Waals surface area contributed by atoms with E-state index in [1.807, 2.05) is 19.1 Å². The van der Waals surface area contributed by atoms with Gasteiger partial charge in [0.15, 0.2) is 0 Å². The zero-order chi connectivity index (χ0) is 13.4. The average Bonchev–Trinajstić information content (AvgIpc) is 2.38. The molecule has 0 fully saturated rings. The summed E-state index contributed by atoms with van der Waals surface area (Å²) in [4.78, 5) is 26.7. The van der Waals surface area contributed by atoms with Crippen LogP contribution in [0.4, 0.5) is 0 Å². The third kappa shape index (κ3) is 4.95. The van der Waals surface area contributed by atoms with Crippen LogP contribution in [0.15, 0.2) is 24.5 Å². The Morgan fingerprint density at radius 1 is 1.44 bits per heavy atom. The van der Waals surface area contributed by atoms with E-state index in [4.69, 9.17) is 4.74 Å². The van der Waals surface area contributed by atoms with E-state index >= 15 is 0 Å². The van der Waals surface area contributed by atoms with Crippen molar-refractivity contribution in [3.63, 3.8) is 0 Å². The summed E-state index contributed by atoms with van der Waals surface area (Å²) >= 11 is 0. The average molecular weight is 250 g/mol. The molecular weight excluding hydrogens is 232 g/mol. The maximum absolute atomic E-state index is 11.6. The van der Waals surface area contributed by atoms with E-state index in [2.05, 4.69) is 10.3 Å². The summed E-state index contributed by atoms with van der Waals surface area (Å²) in [6, 6.07) is 3.59. The van der Waals surface area contributed by atoms with Gasteiger partial charge < -0.3 is 10.1 Å². The molecule has 1 unspecified atom stereocenters. The third-order valence-corrected chi connectivity index (χ3v) is 2.42. The van der Waals surface area contributed by atoms with E-state index in [9.17, 15) is 9.59 Å². The van der Waals surface area contributed by atoms with Crippen molar-refractivity contribution in [1.29, 1.82) is 0 Å². The number of esters is 1. The highest BCUT2D eigenvalue weighted by Gasteiger charge is 2.11. The van der Waals surface area contributed by atoms with Crippen molar-refractivity contribution in [3.05, 3.63) is 30.1 Å². The van der Waals surface area contributed by atoms with Gasteiger partial charge in [-0.05, 0) is 25.5 Å². The Balaban J connectivity index is 2.34. The summed E-state index contributed by atoms with van der Waals surface area (Å²) in [5.74, 6) is -0.513. The van der Waals surface area contributed by atoms with Crippen LogP contribution in [-0.2, 0) is 14.3 Å². The Bertz CT molecular complexity index is 392. The second-order valence-corrected chi connectivity index (χ2v) is 3.88. The van der Waals surface area contributed by atoms with Crippen LogP contribution in [0.25, 0.3) is 0 Å². The van der Waals surface area contributed by atoms with Gasteiger partial charge in [0, 0.05) is 18.8 Å². The number of pyridine rings is 1. The van der Waals surface area contributed by atoms with E-state index in [1.165, 1.54) is 0 Å². The summed E-state index contributed by atoms with van der Waals surface area (Å²) < 4.78 is 4.75. The summed E-state index contributed by atoms with van der Waals surface area (Å²) in [5.41, 5.74) is 0.932. The van der Waals surface area contributed by atoms with Gasteiger partial charge in [0.1, 0.15) is 0 Å². The first kappa shape index (κ1) is 14.2. The zero-order valence-electron chi connectivity index (χ0n) is 10.7. The predicted octanol–water partition coefficient (Wildman–Crippen LogP) is 1.60. The Kier molecular flexibility index (Phi) is 5.84. The van der Waals surface area contributed by atoms with Crippen LogP contribution >= 0.6 is 0 Å². The van der Waals surface area contributed by atoms with Gasteiger partial charge in [-0.15, -0.1) is 0 Å². The molecule has 1 amide bonds. The first-order valence-electron chi connectivity index (χ1n) is 5.98. The molecule has 0 aromatic carbocycles. The molecule has 18 heavy (non-hydrogen) atoms. The van der Waals surface area contributed by atoms with Crippen LogP contribution in [-0.4, -0.2) is 23.5 Å². The van der Waals surface area contributed by atoms with Crippen molar-refractivity contribution in [3.8, 4) is 0 Å². The number of carbonyl (C=O) groups is 2. The molecule has 1 N–H and O–H groups in total. The monoisotopic (exact) mass is 250 g/mol. The molecule has 98 valence electrons. The SMILES string of the molecule is CCOC(=O)CCC(=O)NC(C)c1cccnc1. The molecule has 1 aromatic rings. The van der Waals surface area contributed by atoms with Crippen LogP contribution in [0.5, 0.6) is 0 Å². The first-order valence-corrected chi connectivity index (χ1v) is 5.98. The van der Waals surface area contributed by atoms with E-state index in [0.717, 1.165) is 5.56 Å². The fourth-order valence-electron chi connectivity index (χ4n) is 1.48. The molecule has 0 radical (unpaired) electrons. The molecular formula is C13H18N2O3. The van der Waals surface area contributed by atoms with Gasteiger partial charge >= 0.3 is 5.97 Å². The molecule has 1 atom stereocenters. The number of ether oxygens (including phenoxy) is 1. The van der Waals surface area contributed by atoms with Crippen LogP contribution in [0, 0.1) is 0 Å². The highest BCUT2D eigenvalue weighted by atomic mass is 16.5.